The summed E-state index contributed by atoms with van der Waals surface area (Å²) in [7, 11) is 0. The number of nitrogens with zero attached hydrogens (tertiary/aromatic N) is 1. The molecule has 1 atom stereocenters. The number of aromatic hydroxyl groups is 1. The van der Waals surface area contributed by atoms with Gasteiger partial charge in [-0.05, 0) is 50.3 Å². The third kappa shape index (κ3) is 6.84. The lowest BCUT2D eigenvalue weighted by Gasteiger charge is -2.13. The number of rotatable bonds is 9. The molecule has 6 heteroatoms. The summed E-state index contributed by atoms with van der Waals surface area (Å²) in [6.07, 6.45) is 2.06. The molecule has 1 aliphatic rings. The van der Waals surface area contributed by atoms with Gasteiger partial charge in [0.05, 0.1) is 19.8 Å². The van der Waals surface area contributed by atoms with Crippen LogP contribution in [-0.4, -0.2) is 50.6 Å². The molecule has 0 aliphatic carbocycles. The van der Waals surface area contributed by atoms with Crippen LogP contribution in [0.2, 0.25) is 0 Å². The summed E-state index contributed by atoms with van der Waals surface area (Å²) in [6.45, 7) is 11.4. The molecule has 146 valence electrons. The van der Waals surface area contributed by atoms with Crippen molar-refractivity contribution in [2.24, 2.45) is 10.9 Å². The number of nitrogens with one attached hydrogen (secondary N) is 2. The molecule has 0 radical (unpaired) electrons. The fourth-order valence-corrected chi connectivity index (χ4v) is 2.99. The summed E-state index contributed by atoms with van der Waals surface area (Å²) in [6, 6.07) is 3.96. The summed E-state index contributed by atoms with van der Waals surface area (Å²) in [5.74, 6) is 1.74. The zero-order valence-corrected chi connectivity index (χ0v) is 16.3. The van der Waals surface area contributed by atoms with Crippen LogP contribution < -0.4 is 10.6 Å². The molecule has 0 aromatic heterocycles. The number of phenolic OH excluding ortho intramolecular Hbond substituents is 1. The van der Waals surface area contributed by atoms with Crippen LogP contribution in [0.5, 0.6) is 5.75 Å². The van der Waals surface area contributed by atoms with Crippen LogP contribution in [0.3, 0.4) is 0 Å². The van der Waals surface area contributed by atoms with Crippen molar-refractivity contribution >= 4 is 5.96 Å². The van der Waals surface area contributed by atoms with Crippen LogP contribution in [0.15, 0.2) is 17.1 Å². The summed E-state index contributed by atoms with van der Waals surface area (Å²) < 4.78 is 11.1. The number of guanidine groups is 1. The lowest BCUT2D eigenvalue weighted by molar-refractivity contribution is 0.0888. The van der Waals surface area contributed by atoms with Crippen LogP contribution >= 0.6 is 0 Å². The Balaban J connectivity index is 1.72. The van der Waals surface area contributed by atoms with Crippen molar-refractivity contribution in [3.8, 4) is 5.75 Å². The van der Waals surface area contributed by atoms with Crippen LogP contribution in [0, 0.1) is 19.8 Å². The Hall–Kier alpha value is -1.79. The molecule has 2 rings (SSSR count). The average Bonchev–Trinajstić information content (AvgIpc) is 3.13. The summed E-state index contributed by atoms with van der Waals surface area (Å²) in [4.78, 5) is 4.63. The molecule has 1 heterocycles. The summed E-state index contributed by atoms with van der Waals surface area (Å²) in [5.41, 5.74) is 2.87. The highest BCUT2D eigenvalue weighted by atomic mass is 16.5. The van der Waals surface area contributed by atoms with Crippen LogP contribution in [0.25, 0.3) is 0 Å². The first-order valence-corrected chi connectivity index (χ1v) is 9.57. The molecule has 1 aliphatic heterocycles. The molecule has 1 saturated heterocycles. The maximum Gasteiger partial charge on any atom is 0.191 e. The van der Waals surface area contributed by atoms with E-state index in [4.69, 9.17) is 9.47 Å². The van der Waals surface area contributed by atoms with E-state index in [0.29, 0.717) is 18.2 Å². The van der Waals surface area contributed by atoms with Gasteiger partial charge in [-0.15, -0.1) is 0 Å². The van der Waals surface area contributed by atoms with Gasteiger partial charge in [0, 0.05) is 32.2 Å². The van der Waals surface area contributed by atoms with Gasteiger partial charge in [0.15, 0.2) is 5.96 Å². The van der Waals surface area contributed by atoms with Crippen molar-refractivity contribution in [2.75, 3.05) is 39.5 Å². The van der Waals surface area contributed by atoms with Gasteiger partial charge in [-0.1, -0.05) is 12.1 Å². The van der Waals surface area contributed by atoms with Crippen LogP contribution in [0.1, 0.15) is 36.5 Å². The first-order chi connectivity index (χ1) is 12.6. The van der Waals surface area contributed by atoms with Crippen molar-refractivity contribution in [2.45, 2.75) is 40.2 Å². The lowest BCUT2D eigenvalue weighted by atomic mass is 10.1. The van der Waals surface area contributed by atoms with Crippen molar-refractivity contribution in [1.82, 2.24) is 10.6 Å². The number of hydrogen-bond acceptors (Lipinski definition) is 4. The summed E-state index contributed by atoms with van der Waals surface area (Å²) in [5, 5.41) is 16.5. The molecule has 1 unspecified atom stereocenters. The Bertz CT molecular complexity index is 561. The van der Waals surface area contributed by atoms with Crippen molar-refractivity contribution in [3.05, 3.63) is 28.8 Å². The fourth-order valence-electron chi connectivity index (χ4n) is 2.99. The quantitative estimate of drug-likeness (QED) is 0.357. The van der Waals surface area contributed by atoms with Gasteiger partial charge in [0.25, 0.3) is 0 Å². The van der Waals surface area contributed by atoms with E-state index in [1.165, 1.54) is 0 Å². The van der Waals surface area contributed by atoms with E-state index in [9.17, 15) is 5.11 Å². The molecule has 0 bridgehead atoms. The highest BCUT2D eigenvalue weighted by Crippen LogP contribution is 2.23. The van der Waals surface area contributed by atoms with Gasteiger partial charge in [-0.2, -0.15) is 0 Å². The highest BCUT2D eigenvalue weighted by molar-refractivity contribution is 5.79. The second-order valence-corrected chi connectivity index (χ2v) is 6.86. The van der Waals surface area contributed by atoms with Crippen molar-refractivity contribution in [1.29, 1.82) is 0 Å². The lowest BCUT2D eigenvalue weighted by Crippen LogP contribution is -2.38. The number of aliphatic imine (C=N–C) groups is 1. The fraction of sp³-hybridized carbons (Fsp3) is 0.650. The Morgan fingerprint density at radius 1 is 1.31 bits per heavy atom. The normalized spacial score (nSPS) is 17.5. The van der Waals surface area contributed by atoms with E-state index in [0.717, 1.165) is 75.0 Å². The molecular formula is C20H33N3O3. The molecule has 0 spiro atoms. The number of aryl methyl sites for hydroxylation is 2. The zero-order chi connectivity index (χ0) is 18.8. The molecule has 3 N–H and O–H groups in total. The molecular weight excluding hydrogens is 330 g/mol. The Labute approximate surface area is 157 Å². The van der Waals surface area contributed by atoms with Gasteiger partial charge < -0.3 is 25.2 Å². The number of hydrogen-bond donors (Lipinski definition) is 3. The molecule has 6 nitrogen and oxygen atoms in total. The van der Waals surface area contributed by atoms with Crippen molar-refractivity contribution in [3.63, 3.8) is 0 Å². The second kappa shape index (κ2) is 11.0. The topological polar surface area (TPSA) is 75.1 Å². The third-order valence-corrected chi connectivity index (χ3v) is 4.45. The Morgan fingerprint density at radius 3 is 2.73 bits per heavy atom. The Morgan fingerprint density at radius 2 is 2.08 bits per heavy atom. The smallest absolute Gasteiger partial charge is 0.191 e. The van der Waals surface area contributed by atoms with E-state index in [1.807, 2.05) is 26.0 Å². The van der Waals surface area contributed by atoms with E-state index in [2.05, 4.69) is 22.5 Å². The van der Waals surface area contributed by atoms with Gasteiger partial charge in [-0.25, -0.2) is 4.99 Å². The first kappa shape index (κ1) is 20.5. The average molecular weight is 364 g/mol. The maximum atomic E-state index is 9.87. The molecule has 0 amide bonds. The molecule has 1 aromatic carbocycles. The predicted molar refractivity (Wildman–Crippen MR) is 105 cm³/mol. The number of ether oxygens (including phenoxy) is 2. The monoisotopic (exact) mass is 363 g/mol. The van der Waals surface area contributed by atoms with Crippen LogP contribution in [-0.2, 0) is 16.0 Å². The van der Waals surface area contributed by atoms with Crippen LogP contribution in [0.4, 0.5) is 0 Å². The second-order valence-electron chi connectivity index (χ2n) is 6.86. The maximum absolute atomic E-state index is 9.87. The minimum Gasteiger partial charge on any atom is -0.507 e. The van der Waals surface area contributed by atoms with E-state index < -0.39 is 0 Å². The first-order valence-electron chi connectivity index (χ1n) is 9.57. The number of phenols is 1. The van der Waals surface area contributed by atoms with Gasteiger partial charge >= 0.3 is 0 Å². The summed E-state index contributed by atoms with van der Waals surface area (Å²) >= 11 is 0. The van der Waals surface area contributed by atoms with E-state index in [1.54, 1.807) is 0 Å². The molecule has 26 heavy (non-hydrogen) atoms. The van der Waals surface area contributed by atoms with Crippen molar-refractivity contribution < 1.29 is 14.6 Å². The SMILES string of the molecule is CCNC(=NCc1cc(C)c(O)c(C)c1)NCCCOCC1CCOC1. The third-order valence-electron chi connectivity index (χ3n) is 4.45. The van der Waals surface area contributed by atoms with E-state index >= 15 is 0 Å². The molecule has 1 fully saturated rings. The highest BCUT2D eigenvalue weighted by Gasteiger charge is 2.15. The minimum atomic E-state index is 0.368. The zero-order valence-electron chi connectivity index (χ0n) is 16.3. The minimum absolute atomic E-state index is 0.368. The predicted octanol–water partition coefficient (Wildman–Crippen LogP) is 2.51. The Kier molecular flexibility index (Phi) is 8.71. The molecule has 1 aromatic rings. The van der Waals surface area contributed by atoms with Gasteiger partial charge in [-0.3, -0.25) is 0 Å². The van der Waals surface area contributed by atoms with Gasteiger partial charge in [0.2, 0.25) is 0 Å². The van der Waals surface area contributed by atoms with E-state index in [-0.39, 0.29) is 0 Å². The number of benzene rings is 1. The standard InChI is InChI=1S/C20H33N3O3/c1-4-21-20(22-7-5-8-25-13-17-6-9-26-14-17)23-12-18-10-15(2)19(24)16(3)11-18/h10-11,17,24H,4-9,12-14H2,1-3H3,(H2,21,22,23). The van der Waals surface area contributed by atoms with Gasteiger partial charge in [0.1, 0.15) is 5.75 Å². The molecule has 0 saturated carbocycles. The largest absolute Gasteiger partial charge is 0.507 e.